The molecule has 0 aliphatic carbocycles. The lowest BCUT2D eigenvalue weighted by atomic mass is 10.1. The van der Waals surface area contributed by atoms with Crippen LogP contribution in [0.5, 0.6) is 0 Å². The number of hydrogen-bond donors (Lipinski definition) is 4. The van der Waals surface area contributed by atoms with Gasteiger partial charge in [-0.2, -0.15) is 0 Å². The highest BCUT2D eigenvalue weighted by Crippen LogP contribution is 2.15. The second-order valence-electron chi connectivity index (χ2n) is 6.49. The highest BCUT2D eigenvalue weighted by molar-refractivity contribution is 5.94. The molecule has 3 amide bonds. The van der Waals surface area contributed by atoms with Gasteiger partial charge in [0, 0.05) is 24.2 Å². The Kier molecular flexibility index (Phi) is 8.02. The van der Waals surface area contributed by atoms with E-state index in [0.717, 1.165) is 16.8 Å². The number of hydrazine groups is 1. The van der Waals surface area contributed by atoms with Crippen LogP contribution in [0.15, 0.2) is 48.5 Å². The molecule has 0 radical (unpaired) electrons. The quantitative estimate of drug-likeness (QED) is 0.415. The summed E-state index contributed by atoms with van der Waals surface area (Å²) in [5.74, 6) is -0.827. The number of amides is 3. The summed E-state index contributed by atoms with van der Waals surface area (Å²) in [6, 6.07) is 14.8. The average Bonchev–Trinajstić information content (AvgIpc) is 2.69. The molecule has 0 unspecified atom stereocenters. The highest BCUT2D eigenvalue weighted by atomic mass is 16.2. The van der Waals surface area contributed by atoms with Crippen molar-refractivity contribution in [2.75, 3.05) is 18.4 Å². The van der Waals surface area contributed by atoms with Crippen molar-refractivity contribution in [3.63, 3.8) is 0 Å². The maximum Gasteiger partial charge on any atom is 0.257 e. The molecule has 0 saturated carbocycles. The minimum atomic E-state index is -0.342. The van der Waals surface area contributed by atoms with E-state index < -0.39 is 0 Å². The molecular weight excluding hydrogens is 356 g/mol. The number of rotatable bonds is 8. The third-order valence-electron chi connectivity index (χ3n) is 4.06. The van der Waals surface area contributed by atoms with Crippen LogP contribution in [0.2, 0.25) is 0 Å². The Hall–Kier alpha value is -3.35. The van der Waals surface area contributed by atoms with Gasteiger partial charge in [-0.05, 0) is 44.0 Å². The summed E-state index contributed by atoms with van der Waals surface area (Å²) in [6.45, 7) is 4.40. The highest BCUT2D eigenvalue weighted by Gasteiger charge is 2.07. The molecule has 2 aromatic carbocycles. The predicted octanol–water partition coefficient (Wildman–Crippen LogP) is 2.07. The molecule has 0 saturated heterocycles. The van der Waals surface area contributed by atoms with Gasteiger partial charge in [-0.3, -0.25) is 25.2 Å². The van der Waals surface area contributed by atoms with Crippen molar-refractivity contribution in [2.45, 2.75) is 26.7 Å². The molecule has 0 bridgehead atoms. The van der Waals surface area contributed by atoms with Crippen molar-refractivity contribution < 1.29 is 14.4 Å². The fourth-order valence-corrected chi connectivity index (χ4v) is 2.58. The van der Waals surface area contributed by atoms with E-state index >= 15 is 0 Å². The van der Waals surface area contributed by atoms with Crippen molar-refractivity contribution in [1.29, 1.82) is 0 Å². The number of nitrogens with one attached hydrogen (secondary N) is 4. The smallest absolute Gasteiger partial charge is 0.257 e. The Balaban J connectivity index is 1.59. The molecule has 148 valence electrons. The minimum absolute atomic E-state index is 0.0529. The summed E-state index contributed by atoms with van der Waals surface area (Å²) in [4.78, 5) is 35.5. The van der Waals surface area contributed by atoms with Gasteiger partial charge in [0.25, 0.3) is 11.8 Å². The number of benzene rings is 2. The Labute approximate surface area is 164 Å². The van der Waals surface area contributed by atoms with Crippen molar-refractivity contribution in [3.8, 4) is 0 Å². The topological polar surface area (TPSA) is 99.3 Å². The van der Waals surface area contributed by atoms with Crippen LogP contribution in [0.4, 0.5) is 5.69 Å². The second-order valence-corrected chi connectivity index (χ2v) is 6.49. The first kappa shape index (κ1) is 21.0. The summed E-state index contributed by atoms with van der Waals surface area (Å²) in [5, 5.41) is 5.78. The van der Waals surface area contributed by atoms with Gasteiger partial charge in [0.1, 0.15) is 0 Å². The minimum Gasteiger partial charge on any atom is -0.376 e. The van der Waals surface area contributed by atoms with Crippen molar-refractivity contribution in [2.24, 2.45) is 0 Å². The maximum absolute atomic E-state index is 11.9. The van der Waals surface area contributed by atoms with Crippen molar-refractivity contribution >= 4 is 23.4 Å². The summed E-state index contributed by atoms with van der Waals surface area (Å²) in [5.41, 5.74) is 8.40. The Bertz CT molecular complexity index is 822. The Morgan fingerprint density at radius 3 is 2.32 bits per heavy atom. The van der Waals surface area contributed by atoms with Crippen LogP contribution < -0.4 is 21.5 Å². The van der Waals surface area contributed by atoms with Gasteiger partial charge in [-0.1, -0.05) is 35.9 Å². The first-order valence-corrected chi connectivity index (χ1v) is 9.18. The predicted molar refractivity (Wildman–Crippen MR) is 109 cm³/mol. The second kappa shape index (κ2) is 10.7. The van der Waals surface area contributed by atoms with Crippen LogP contribution >= 0.6 is 0 Å². The van der Waals surface area contributed by atoms with E-state index in [-0.39, 0.29) is 30.7 Å². The van der Waals surface area contributed by atoms with Gasteiger partial charge < -0.3 is 10.6 Å². The van der Waals surface area contributed by atoms with E-state index in [1.807, 2.05) is 38.1 Å². The van der Waals surface area contributed by atoms with Gasteiger partial charge in [0.2, 0.25) is 5.91 Å². The van der Waals surface area contributed by atoms with Crippen LogP contribution in [0.3, 0.4) is 0 Å². The summed E-state index contributed by atoms with van der Waals surface area (Å²) < 4.78 is 0. The van der Waals surface area contributed by atoms with Gasteiger partial charge in [-0.15, -0.1) is 0 Å². The zero-order valence-electron chi connectivity index (χ0n) is 16.2. The molecule has 0 heterocycles. The molecule has 0 aromatic heterocycles. The molecule has 0 spiro atoms. The summed E-state index contributed by atoms with van der Waals surface area (Å²) >= 11 is 0. The normalized spacial score (nSPS) is 10.1. The maximum atomic E-state index is 11.9. The Morgan fingerprint density at radius 2 is 1.61 bits per heavy atom. The van der Waals surface area contributed by atoms with Gasteiger partial charge in [0.05, 0.1) is 6.54 Å². The first-order valence-electron chi connectivity index (χ1n) is 9.18. The van der Waals surface area contributed by atoms with Gasteiger partial charge in [-0.25, -0.2) is 0 Å². The van der Waals surface area contributed by atoms with Crippen LogP contribution in [0.25, 0.3) is 0 Å². The van der Waals surface area contributed by atoms with Crippen molar-refractivity contribution in [1.82, 2.24) is 16.2 Å². The lowest BCUT2D eigenvalue weighted by molar-refractivity contribution is -0.128. The zero-order valence-corrected chi connectivity index (χ0v) is 16.2. The van der Waals surface area contributed by atoms with E-state index in [0.29, 0.717) is 18.5 Å². The molecule has 0 aliphatic heterocycles. The number of anilines is 1. The lowest BCUT2D eigenvalue weighted by Gasteiger charge is -2.11. The monoisotopic (exact) mass is 382 g/mol. The van der Waals surface area contributed by atoms with E-state index in [9.17, 15) is 14.4 Å². The third kappa shape index (κ3) is 7.11. The molecule has 7 heteroatoms. The van der Waals surface area contributed by atoms with Crippen LogP contribution in [-0.4, -0.2) is 30.8 Å². The SMILES string of the molecule is Cc1ccc(NCC(=O)NNC(=O)CCCNC(=O)c2ccccc2)c(C)c1. The average molecular weight is 382 g/mol. The molecule has 0 fully saturated rings. The molecular formula is C21H26N4O3. The van der Waals surface area contributed by atoms with Crippen LogP contribution in [-0.2, 0) is 9.59 Å². The molecule has 0 aliphatic rings. The van der Waals surface area contributed by atoms with Crippen LogP contribution in [0, 0.1) is 13.8 Å². The standard InChI is InChI=1S/C21H26N4O3/c1-15-10-11-18(16(2)13-15)23-14-20(27)25-24-19(26)9-6-12-22-21(28)17-7-4-3-5-8-17/h3-5,7-8,10-11,13,23H,6,9,12,14H2,1-2H3,(H,22,28)(H,24,26)(H,25,27). The van der Waals surface area contributed by atoms with Gasteiger partial charge in [0.15, 0.2) is 0 Å². The summed E-state index contributed by atoms with van der Waals surface area (Å²) in [7, 11) is 0. The molecule has 28 heavy (non-hydrogen) atoms. The number of hydrogen-bond acceptors (Lipinski definition) is 4. The van der Waals surface area contributed by atoms with Crippen LogP contribution in [0.1, 0.15) is 34.3 Å². The molecule has 2 rings (SSSR count). The number of aryl methyl sites for hydroxylation is 2. The van der Waals surface area contributed by atoms with E-state index in [1.165, 1.54) is 0 Å². The number of carbonyl (C=O) groups excluding carboxylic acids is 3. The fourth-order valence-electron chi connectivity index (χ4n) is 2.58. The summed E-state index contributed by atoms with van der Waals surface area (Å²) in [6.07, 6.45) is 0.668. The molecule has 4 N–H and O–H groups in total. The lowest BCUT2D eigenvalue weighted by Crippen LogP contribution is -2.44. The van der Waals surface area contributed by atoms with E-state index in [1.54, 1.807) is 24.3 Å². The van der Waals surface area contributed by atoms with Gasteiger partial charge >= 0.3 is 0 Å². The Morgan fingerprint density at radius 1 is 0.893 bits per heavy atom. The zero-order chi connectivity index (χ0) is 20.4. The molecule has 2 aromatic rings. The number of carbonyl (C=O) groups is 3. The van der Waals surface area contributed by atoms with Crippen molar-refractivity contribution in [3.05, 3.63) is 65.2 Å². The molecule has 7 nitrogen and oxygen atoms in total. The molecule has 0 atom stereocenters. The van der Waals surface area contributed by atoms with E-state index in [2.05, 4.69) is 21.5 Å². The first-order chi connectivity index (χ1) is 13.5. The van der Waals surface area contributed by atoms with E-state index in [4.69, 9.17) is 0 Å². The fraction of sp³-hybridized carbons (Fsp3) is 0.286. The largest absolute Gasteiger partial charge is 0.376 e. The third-order valence-corrected chi connectivity index (χ3v) is 4.06.